The molecule has 0 radical (unpaired) electrons. The maximum absolute atomic E-state index is 12.8. The van der Waals surface area contributed by atoms with E-state index in [-0.39, 0.29) is 6.42 Å². The van der Waals surface area contributed by atoms with Crippen LogP contribution < -0.4 is 5.32 Å². The Morgan fingerprint density at radius 3 is 2.23 bits per heavy atom. The van der Waals surface area contributed by atoms with Crippen molar-refractivity contribution in [2.45, 2.75) is 12.5 Å². The number of carbonyl (C=O) groups excluding carboxylic acids is 1. The number of carbonyl (C=O) groups is 2. The number of benzene rings is 2. The maximum atomic E-state index is 12.8. The average molecular weight is 322 g/mol. The van der Waals surface area contributed by atoms with Crippen molar-refractivity contribution in [2.24, 2.45) is 0 Å². The highest BCUT2D eigenvalue weighted by Gasteiger charge is 2.21. The number of nitrogens with one attached hydrogen (secondary N) is 1. The summed E-state index contributed by atoms with van der Waals surface area (Å²) < 4.78 is 12.8. The van der Waals surface area contributed by atoms with Gasteiger partial charge in [0.1, 0.15) is 11.9 Å². The molecule has 0 saturated heterocycles. The van der Waals surface area contributed by atoms with Gasteiger partial charge in [0.05, 0.1) is 0 Å². The molecule has 1 atom stereocenters. The van der Waals surface area contributed by atoms with Crippen LogP contribution in [0, 0.1) is 5.82 Å². The van der Waals surface area contributed by atoms with E-state index in [1.807, 2.05) is 0 Å². The second-order valence-corrected chi connectivity index (χ2v) is 5.14. The molecular formula is C16H13ClFNO3. The summed E-state index contributed by atoms with van der Waals surface area (Å²) in [6, 6.07) is 10.5. The zero-order valence-electron chi connectivity index (χ0n) is 11.4. The molecule has 2 aromatic rings. The summed E-state index contributed by atoms with van der Waals surface area (Å²) in [7, 11) is 0. The van der Waals surface area contributed by atoms with Gasteiger partial charge in [-0.1, -0.05) is 23.7 Å². The SMILES string of the molecule is O=C(NC(Cc1ccc(F)cc1)C(=O)O)c1ccc(Cl)cc1. The molecule has 1 amide bonds. The molecule has 2 aromatic carbocycles. The van der Waals surface area contributed by atoms with Crippen LogP contribution in [0.3, 0.4) is 0 Å². The first kappa shape index (κ1) is 16.0. The van der Waals surface area contributed by atoms with Gasteiger partial charge in [-0.05, 0) is 42.0 Å². The van der Waals surface area contributed by atoms with Crippen LogP contribution >= 0.6 is 11.6 Å². The molecular weight excluding hydrogens is 309 g/mol. The van der Waals surface area contributed by atoms with Crippen molar-refractivity contribution in [1.29, 1.82) is 0 Å². The number of hydrogen-bond donors (Lipinski definition) is 2. The molecule has 2 N–H and O–H groups in total. The minimum absolute atomic E-state index is 0.0644. The van der Waals surface area contributed by atoms with E-state index in [2.05, 4.69) is 5.32 Å². The van der Waals surface area contributed by atoms with Gasteiger partial charge in [-0.2, -0.15) is 0 Å². The number of halogens is 2. The third-order valence-corrected chi connectivity index (χ3v) is 3.31. The van der Waals surface area contributed by atoms with Gasteiger partial charge in [-0.25, -0.2) is 9.18 Å². The minimum Gasteiger partial charge on any atom is -0.480 e. The molecule has 0 aromatic heterocycles. The van der Waals surface area contributed by atoms with Crippen molar-refractivity contribution < 1.29 is 19.1 Å². The van der Waals surface area contributed by atoms with Crippen LogP contribution in [0.5, 0.6) is 0 Å². The zero-order valence-corrected chi connectivity index (χ0v) is 12.2. The lowest BCUT2D eigenvalue weighted by atomic mass is 10.1. The predicted octanol–water partition coefficient (Wildman–Crippen LogP) is 2.90. The molecule has 0 aliphatic heterocycles. The Kier molecular flexibility index (Phi) is 5.12. The summed E-state index contributed by atoms with van der Waals surface area (Å²) in [5.74, 6) is -2.07. The first-order valence-electron chi connectivity index (χ1n) is 6.49. The highest BCUT2D eigenvalue weighted by atomic mass is 35.5. The fourth-order valence-corrected chi connectivity index (χ4v) is 2.03. The number of rotatable bonds is 5. The van der Waals surface area contributed by atoms with Crippen molar-refractivity contribution in [3.8, 4) is 0 Å². The number of aliphatic carboxylic acids is 1. The summed E-state index contributed by atoms with van der Waals surface area (Å²) in [4.78, 5) is 23.3. The number of carboxylic acid groups (broad SMARTS) is 1. The topological polar surface area (TPSA) is 66.4 Å². The molecule has 0 fully saturated rings. The van der Waals surface area contributed by atoms with Crippen LogP contribution in [-0.2, 0) is 11.2 Å². The molecule has 0 spiro atoms. The van der Waals surface area contributed by atoms with Gasteiger partial charge in [-0.3, -0.25) is 4.79 Å². The maximum Gasteiger partial charge on any atom is 0.326 e. The number of hydrogen-bond acceptors (Lipinski definition) is 2. The van der Waals surface area contributed by atoms with Crippen molar-refractivity contribution in [3.05, 3.63) is 70.5 Å². The normalized spacial score (nSPS) is 11.7. The van der Waals surface area contributed by atoms with Gasteiger partial charge in [0.2, 0.25) is 0 Å². The standard InChI is InChI=1S/C16H13ClFNO3/c17-12-5-3-11(4-6-12)15(20)19-14(16(21)22)9-10-1-7-13(18)8-2-10/h1-8,14H,9H2,(H,19,20)(H,21,22). The highest BCUT2D eigenvalue weighted by molar-refractivity contribution is 6.30. The van der Waals surface area contributed by atoms with Crippen LogP contribution in [-0.4, -0.2) is 23.0 Å². The second kappa shape index (κ2) is 7.04. The summed E-state index contributed by atoms with van der Waals surface area (Å²) in [5, 5.41) is 12.1. The molecule has 0 bridgehead atoms. The molecule has 4 nitrogen and oxygen atoms in total. The molecule has 1 unspecified atom stereocenters. The van der Waals surface area contributed by atoms with Gasteiger partial charge in [0, 0.05) is 17.0 Å². The first-order valence-corrected chi connectivity index (χ1v) is 6.87. The van der Waals surface area contributed by atoms with Crippen molar-refractivity contribution in [3.63, 3.8) is 0 Å². The van der Waals surface area contributed by atoms with Gasteiger partial charge >= 0.3 is 5.97 Å². The van der Waals surface area contributed by atoms with E-state index in [1.165, 1.54) is 36.4 Å². The van der Waals surface area contributed by atoms with E-state index >= 15 is 0 Å². The van der Waals surface area contributed by atoms with Crippen LogP contribution in [0.1, 0.15) is 15.9 Å². The van der Waals surface area contributed by atoms with Gasteiger partial charge in [0.25, 0.3) is 5.91 Å². The van der Waals surface area contributed by atoms with E-state index < -0.39 is 23.7 Å². The Balaban J connectivity index is 2.08. The predicted molar refractivity (Wildman–Crippen MR) is 80.4 cm³/mol. The van der Waals surface area contributed by atoms with Crippen molar-refractivity contribution in [1.82, 2.24) is 5.32 Å². The molecule has 0 aliphatic carbocycles. The molecule has 22 heavy (non-hydrogen) atoms. The lowest BCUT2D eigenvalue weighted by molar-refractivity contribution is -0.139. The molecule has 0 heterocycles. The van der Waals surface area contributed by atoms with Gasteiger partial charge in [-0.15, -0.1) is 0 Å². The lowest BCUT2D eigenvalue weighted by Gasteiger charge is -2.14. The van der Waals surface area contributed by atoms with Gasteiger partial charge in [0.15, 0.2) is 0 Å². The first-order chi connectivity index (χ1) is 10.5. The fourth-order valence-electron chi connectivity index (χ4n) is 1.90. The lowest BCUT2D eigenvalue weighted by Crippen LogP contribution is -2.42. The van der Waals surface area contributed by atoms with E-state index in [9.17, 15) is 19.1 Å². The molecule has 2 rings (SSSR count). The Labute approximate surface area is 131 Å². The smallest absolute Gasteiger partial charge is 0.326 e. The third-order valence-electron chi connectivity index (χ3n) is 3.06. The molecule has 0 aliphatic rings. The van der Waals surface area contributed by atoms with Crippen molar-refractivity contribution >= 4 is 23.5 Å². The van der Waals surface area contributed by atoms with Crippen molar-refractivity contribution in [2.75, 3.05) is 0 Å². The molecule has 6 heteroatoms. The fraction of sp³-hybridized carbons (Fsp3) is 0.125. The van der Waals surface area contributed by atoms with E-state index in [4.69, 9.17) is 11.6 Å². The highest BCUT2D eigenvalue weighted by Crippen LogP contribution is 2.11. The molecule has 114 valence electrons. The van der Waals surface area contributed by atoms with E-state index in [0.29, 0.717) is 16.1 Å². The summed E-state index contributed by atoms with van der Waals surface area (Å²) in [6.07, 6.45) is 0.0644. The quantitative estimate of drug-likeness (QED) is 0.890. The Hall–Kier alpha value is -2.40. The number of amides is 1. The third kappa shape index (κ3) is 4.30. The van der Waals surface area contributed by atoms with Crippen LogP contribution in [0.2, 0.25) is 5.02 Å². The average Bonchev–Trinajstić information content (AvgIpc) is 2.49. The second-order valence-electron chi connectivity index (χ2n) is 4.70. The Bertz CT molecular complexity index is 671. The largest absolute Gasteiger partial charge is 0.480 e. The molecule has 0 saturated carbocycles. The summed E-state index contributed by atoms with van der Waals surface area (Å²) in [5.41, 5.74) is 0.931. The van der Waals surface area contributed by atoms with Crippen LogP contribution in [0.4, 0.5) is 4.39 Å². The van der Waals surface area contributed by atoms with E-state index in [0.717, 1.165) is 0 Å². The van der Waals surface area contributed by atoms with Crippen LogP contribution in [0.15, 0.2) is 48.5 Å². The number of carboxylic acids is 1. The van der Waals surface area contributed by atoms with Crippen LogP contribution in [0.25, 0.3) is 0 Å². The summed E-state index contributed by atoms with van der Waals surface area (Å²) in [6.45, 7) is 0. The Morgan fingerprint density at radius 2 is 1.68 bits per heavy atom. The van der Waals surface area contributed by atoms with Gasteiger partial charge < -0.3 is 10.4 Å². The van der Waals surface area contributed by atoms with E-state index in [1.54, 1.807) is 12.1 Å². The monoisotopic (exact) mass is 321 g/mol. The summed E-state index contributed by atoms with van der Waals surface area (Å²) >= 11 is 5.74. The zero-order chi connectivity index (χ0) is 16.1. The Morgan fingerprint density at radius 1 is 1.09 bits per heavy atom. The minimum atomic E-state index is -1.16.